The Bertz CT molecular complexity index is 953. The number of hydrogen-bond donors (Lipinski definition) is 1. The summed E-state index contributed by atoms with van der Waals surface area (Å²) in [6.45, 7) is -0.692. The van der Waals surface area contributed by atoms with E-state index in [1.165, 1.54) is 12.1 Å². The molecule has 1 saturated carbocycles. The van der Waals surface area contributed by atoms with Crippen molar-refractivity contribution in [1.82, 2.24) is 15.1 Å². The van der Waals surface area contributed by atoms with Crippen LogP contribution in [0, 0.1) is 5.92 Å². The SMILES string of the molecule is C[C@@H](C1CC1)N(CC(F)(F)F)C(=O)COC(=O)c1n[nH]c(=O)c2ccccc12. The molecule has 1 amide bonds. The third-order valence-electron chi connectivity index (χ3n) is 4.68. The Morgan fingerprint density at radius 1 is 1.29 bits per heavy atom. The fourth-order valence-electron chi connectivity index (χ4n) is 3.03. The van der Waals surface area contributed by atoms with Crippen LogP contribution in [0.25, 0.3) is 10.8 Å². The number of nitrogens with zero attached hydrogens (tertiary/aromatic N) is 2. The third kappa shape index (κ3) is 4.49. The van der Waals surface area contributed by atoms with Gasteiger partial charge in [0.05, 0.1) is 5.39 Å². The van der Waals surface area contributed by atoms with E-state index < -0.39 is 42.8 Å². The molecule has 3 rings (SSSR count). The molecule has 1 heterocycles. The fraction of sp³-hybridized carbons (Fsp3) is 0.444. The summed E-state index contributed by atoms with van der Waals surface area (Å²) in [5.74, 6) is -1.92. The molecular weight excluding hydrogens is 379 g/mol. The van der Waals surface area contributed by atoms with Crippen molar-refractivity contribution in [2.45, 2.75) is 32.0 Å². The van der Waals surface area contributed by atoms with Gasteiger partial charge in [-0.05, 0) is 31.7 Å². The molecule has 150 valence electrons. The highest BCUT2D eigenvalue weighted by Crippen LogP contribution is 2.36. The summed E-state index contributed by atoms with van der Waals surface area (Å²) in [7, 11) is 0. The standard InChI is InChI=1S/C18H18F3N3O4/c1-10(11-6-7-11)24(9-18(19,20)21)14(25)8-28-17(27)15-12-4-2-3-5-13(12)16(26)23-22-15/h2-5,10-11H,6-9H2,1H3,(H,23,26)/t10-/m0/s1. The number of halogens is 3. The van der Waals surface area contributed by atoms with Gasteiger partial charge in [-0.1, -0.05) is 18.2 Å². The van der Waals surface area contributed by atoms with E-state index in [1.54, 1.807) is 19.1 Å². The smallest absolute Gasteiger partial charge is 0.406 e. The number of aromatic nitrogens is 2. The Morgan fingerprint density at radius 3 is 2.54 bits per heavy atom. The number of carbonyl (C=O) groups is 2. The van der Waals surface area contributed by atoms with Crippen LogP contribution in [0.3, 0.4) is 0 Å². The summed E-state index contributed by atoms with van der Waals surface area (Å²) in [5, 5.41) is 6.23. The number of hydrogen-bond acceptors (Lipinski definition) is 5. The minimum Gasteiger partial charge on any atom is -0.451 e. The van der Waals surface area contributed by atoms with E-state index in [-0.39, 0.29) is 22.4 Å². The largest absolute Gasteiger partial charge is 0.451 e. The van der Waals surface area contributed by atoms with Crippen LogP contribution in [-0.2, 0) is 9.53 Å². The van der Waals surface area contributed by atoms with E-state index in [0.29, 0.717) is 4.90 Å². The molecule has 0 unspecified atom stereocenters. The van der Waals surface area contributed by atoms with E-state index in [4.69, 9.17) is 4.74 Å². The fourth-order valence-corrected chi connectivity index (χ4v) is 3.03. The van der Waals surface area contributed by atoms with Crippen LogP contribution in [-0.4, -0.2) is 52.3 Å². The molecule has 7 nitrogen and oxygen atoms in total. The number of alkyl halides is 3. The Hall–Kier alpha value is -2.91. The Balaban J connectivity index is 1.73. The predicted molar refractivity (Wildman–Crippen MR) is 92.6 cm³/mol. The molecule has 2 aromatic rings. The second-order valence-electron chi connectivity index (χ2n) is 6.74. The molecule has 0 spiro atoms. The Labute approximate surface area is 157 Å². The first kappa shape index (κ1) is 19.8. The molecule has 1 aromatic carbocycles. The molecule has 0 saturated heterocycles. The van der Waals surface area contributed by atoms with Crippen molar-refractivity contribution < 1.29 is 27.5 Å². The zero-order valence-corrected chi connectivity index (χ0v) is 15.0. The molecule has 0 bridgehead atoms. The quantitative estimate of drug-likeness (QED) is 0.755. The average Bonchev–Trinajstić information content (AvgIpc) is 3.48. The second kappa shape index (κ2) is 7.61. The minimum absolute atomic E-state index is 0.0202. The summed E-state index contributed by atoms with van der Waals surface area (Å²) < 4.78 is 43.4. The topological polar surface area (TPSA) is 92.4 Å². The Kier molecular flexibility index (Phi) is 5.39. The van der Waals surface area contributed by atoms with E-state index in [9.17, 15) is 27.6 Å². The lowest BCUT2D eigenvalue weighted by atomic mass is 10.1. The molecule has 1 aliphatic rings. The second-order valence-corrected chi connectivity index (χ2v) is 6.74. The van der Waals surface area contributed by atoms with Crippen LogP contribution in [0.2, 0.25) is 0 Å². The van der Waals surface area contributed by atoms with Crippen molar-refractivity contribution >= 4 is 22.6 Å². The number of aromatic amines is 1. The molecule has 0 radical (unpaired) electrons. The van der Waals surface area contributed by atoms with Crippen LogP contribution >= 0.6 is 0 Å². The van der Waals surface area contributed by atoms with Gasteiger partial charge >= 0.3 is 12.1 Å². The number of nitrogens with one attached hydrogen (secondary N) is 1. The van der Waals surface area contributed by atoms with Gasteiger partial charge in [0.1, 0.15) is 6.54 Å². The molecule has 1 aliphatic carbocycles. The maximum absolute atomic E-state index is 12.8. The van der Waals surface area contributed by atoms with Crippen LogP contribution in [0.5, 0.6) is 0 Å². The monoisotopic (exact) mass is 397 g/mol. The van der Waals surface area contributed by atoms with Gasteiger partial charge in [-0.3, -0.25) is 9.59 Å². The molecule has 1 N–H and O–H groups in total. The highest BCUT2D eigenvalue weighted by Gasteiger charge is 2.40. The maximum atomic E-state index is 12.8. The van der Waals surface area contributed by atoms with Gasteiger partial charge in [0.15, 0.2) is 12.3 Å². The maximum Gasteiger partial charge on any atom is 0.406 e. The summed E-state index contributed by atoms with van der Waals surface area (Å²) in [5.41, 5.74) is -0.724. The van der Waals surface area contributed by atoms with Gasteiger partial charge in [0, 0.05) is 11.4 Å². The summed E-state index contributed by atoms with van der Waals surface area (Å²) in [6.07, 6.45) is -3.04. The van der Waals surface area contributed by atoms with E-state index >= 15 is 0 Å². The summed E-state index contributed by atoms with van der Waals surface area (Å²) >= 11 is 0. The molecule has 1 fully saturated rings. The van der Waals surface area contributed by atoms with Crippen molar-refractivity contribution in [1.29, 1.82) is 0 Å². The molecule has 0 aliphatic heterocycles. The number of H-pyrrole nitrogens is 1. The summed E-state index contributed by atoms with van der Waals surface area (Å²) in [6, 6.07) is 5.57. The highest BCUT2D eigenvalue weighted by molar-refractivity contribution is 6.02. The van der Waals surface area contributed by atoms with Crippen LogP contribution in [0.1, 0.15) is 30.3 Å². The van der Waals surface area contributed by atoms with E-state index in [1.807, 2.05) is 0 Å². The number of esters is 1. The van der Waals surface area contributed by atoms with Crippen molar-refractivity contribution in [2.24, 2.45) is 5.92 Å². The van der Waals surface area contributed by atoms with Crippen molar-refractivity contribution in [3.05, 3.63) is 40.3 Å². The molecular formula is C18H18F3N3O4. The van der Waals surface area contributed by atoms with Gasteiger partial charge in [-0.15, -0.1) is 0 Å². The minimum atomic E-state index is -4.56. The van der Waals surface area contributed by atoms with Gasteiger partial charge in [0.2, 0.25) is 0 Å². The molecule has 10 heteroatoms. The van der Waals surface area contributed by atoms with Crippen molar-refractivity contribution in [3.8, 4) is 0 Å². The Morgan fingerprint density at radius 2 is 1.93 bits per heavy atom. The van der Waals surface area contributed by atoms with Crippen molar-refractivity contribution in [2.75, 3.05) is 13.2 Å². The van der Waals surface area contributed by atoms with Gasteiger partial charge in [-0.25, -0.2) is 9.89 Å². The zero-order valence-electron chi connectivity index (χ0n) is 15.0. The number of benzene rings is 1. The number of amides is 1. The number of fused-ring (bicyclic) bond motifs is 1. The third-order valence-corrected chi connectivity index (χ3v) is 4.68. The van der Waals surface area contributed by atoms with Crippen LogP contribution in [0.15, 0.2) is 29.1 Å². The number of ether oxygens (including phenoxy) is 1. The predicted octanol–water partition coefficient (Wildman–Crippen LogP) is 2.27. The lowest BCUT2D eigenvalue weighted by Crippen LogP contribution is -2.47. The lowest BCUT2D eigenvalue weighted by molar-refractivity contribution is -0.167. The first-order valence-corrected chi connectivity index (χ1v) is 8.68. The van der Waals surface area contributed by atoms with E-state index in [2.05, 4.69) is 10.2 Å². The molecule has 28 heavy (non-hydrogen) atoms. The molecule has 1 aromatic heterocycles. The van der Waals surface area contributed by atoms with Crippen molar-refractivity contribution in [3.63, 3.8) is 0 Å². The zero-order chi connectivity index (χ0) is 20.5. The van der Waals surface area contributed by atoms with E-state index in [0.717, 1.165) is 12.8 Å². The van der Waals surface area contributed by atoms with Crippen LogP contribution in [0.4, 0.5) is 13.2 Å². The highest BCUT2D eigenvalue weighted by atomic mass is 19.4. The normalized spacial score (nSPS) is 15.3. The number of carbonyl (C=O) groups excluding carboxylic acids is 2. The average molecular weight is 397 g/mol. The van der Waals surface area contributed by atoms with Gasteiger partial charge in [0.25, 0.3) is 11.5 Å². The number of rotatable bonds is 6. The first-order chi connectivity index (χ1) is 13.2. The molecule has 1 atom stereocenters. The lowest BCUT2D eigenvalue weighted by Gasteiger charge is -2.30. The van der Waals surface area contributed by atoms with Gasteiger partial charge < -0.3 is 9.64 Å². The first-order valence-electron chi connectivity index (χ1n) is 8.68. The summed E-state index contributed by atoms with van der Waals surface area (Å²) in [4.78, 5) is 37.1. The van der Waals surface area contributed by atoms with Gasteiger partial charge in [-0.2, -0.15) is 18.3 Å². The van der Waals surface area contributed by atoms with Crippen LogP contribution < -0.4 is 5.56 Å².